The van der Waals surface area contributed by atoms with Crippen molar-refractivity contribution in [1.29, 1.82) is 0 Å². The fourth-order valence-electron chi connectivity index (χ4n) is 3.80. The monoisotopic (exact) mass is 349 g/mol. The molecule has 4 rings (SSSR count). The lowest BCUT2D eigenvalue weighted by Crippen LogP contribution is -2.27. The Morgan fingerprint density at radius 1 is 1.15 bits per heavy atom. The molecule has 1 aromatic carbocycles. The third kappa shape index (κ3) is 3.32. The Kier molecular flexibility index (Phi) is 4.42. The summed E-state index contributed by atoms with van der Waals surface area (Å²) in [6.45, 7) is 4.37. The first-order valence-electron chi connectivity index (χ1n) is 8.99. The average Bonchev–Trinajstić information content (AvgIpc) is 2.80. The van der Waals surface area contributed by atoms with Crippen molar-refractivity contribution in [3.05, 3.63) is 69.5 Å². The summed E-state index contributed by atoms with van der Waals surface area (Å²) in [6.07, 6.45) is 1.87. The molecule has 0 fully saturated rings. The van der Waals surface area contributed by atoms with E-state index in [-0.39, 0.29) is 5.56 Å². The molecule has 0 saturated carbocycles. The van der Waals surface area contributed by atoms with E-state index < -0.39 is 0 Å². The Morgan fingerprint density at radius 2 is 1.92 bits per heavy atom. The lowest BCUT2D eigenvalue weighted by molar-refractivity contribution is 0.274. The second kappa shape index (κ2) is 6.88. The van der Waals surface area contributed by atoms with Gasteiger partial charge in [-0.15, -0.1) is 0 Å². The molecule has 3 aromatic rings. The third-order valence-electron chi connectivity index (χ3n) is 4.92. The topological polar surface area (TPSA) is 66.8 Å². The van der Waals surface area contributed by atoms with Crippen LogP contribution in [0.4, 0.5) is 0 Å². The molecule has 0 radical (unpaired) electrons. The zero-order chi connectivity index (χ0) is 18.1. The number of fused-ring (bicyclic) bond motifs is 1. The number of aromatic nitrogens is 4. The van der Waals surface area contributed by atoms with Gasteiger partial charge in [0.05, 0.1) is 17.1 Å². The van der Waals surface area contributed by atoms with Crippen LogP contribution in [-0.4, -0.2) is 37.7 Å². The first-order chi connectivity index (χ1) is 12.6. The molecule has 26 heavy (non-hydrogen) atoms. The Labute approximate surface area is 152 Å². The lowest BCUT2D eigenvalue weighted by Gasteiger charge is -2.19. The Morgan fingerprint density at radius 3 is 2.69 bits per heavy atom. The minimum atomic E-state index is -0.0840. The molecule has 6 heteroatoms. The van der Waals surface area contributed by atoms with E-state index in [0.717, 1.165) is 31.6 Å². The largest absolute Gasteiger partial charge is 0.311 e. The lowest BCUT2D eigenvalue weighted by atomic mass is 10.0. The highest BCUT2D eigenvalue weighted by Crippen LogP contribution is 2.28. The normalized spacial score (nSPS) is 14.8. The summed E-state index contributed by atoms with van der Waals surface area (Å²) in [5, 5.41) is 4.78. The molecule has 0 bridgehead atoms. The van der Waals surface area contributed by atoms with Gasteiger partial charge in [0.15, 0.2) is 0 Å². The van der Waals surface area contributed by atoms with Crippen LogP contribution in [0.15, 0.2) is 41.2 Å². The maximum absolute atomic E-state index is 11.7. The van der Waals surface area contributed by atoms with Crippen LogP contribution in [0, 0.1) is 6.92 Å². The maximum Gasteiger partial charge on any atom is 0.251 e. The standard InChI is InChI=1S/C20H23N5O/c1-14-21-16(12-19(26)22-14)13-25-10-8-17-18(9-11-25)23-24(2)20(17)15-6-4-3-5-7-15/h3-7,12H,8-11,13H2,1-2H3,(H,21,22,26). The zero-order valence-electron chi connectivity index (χ0n) is 15.2. The molecule has 1 N–H and O–H groups in total. The number of aromatic amines is 1. The van der Waals surface area contributed by atoms with Crippen molar-refractivity contribution in [2.45, 2.75) is 26.3 Å². The van der Waals surface area contributed by atoms with Crippen LogP contribution >= 0.6 is 0 Å². The number of aryl methyl sites for hydroxylation is 2. The third-order valence-corrected chi connectivity index (χ3v) is 4.92. The summed E-state index contributed by atoms with van der Waals surface area (Å²) < 4.78 is 2.01. The quantitative estimate of drug-likeness (QED) is 0.786. The zero-order valence-corrected chi connectivity index (χ0v) is 15.2. The van der Waals surface area contributed by atoms with E-state index >= 15 is 0 Å². The molecule has 0 atom stereocenters. The van der Waals surface area contributed by atoms with Crippen LogP contribution in [0.2, 0.25) is 0 Å². The van der Waals surface area contributed by atoms with E-state index in [0.29, 0.717) is 12.4 Å². The fourth-order valence-corrected chi connectivity index (χ4v) is 3.80. The van der Waals surface area contributed by atoms with Gasteiger partial charge in [-0.25, -0.2) is 4.98 Å². The molecule has 0 aliphatic carbocycles. The minimum Gasteiger partial charge on any atom is -0.311 e. The van der Waals surface area contributed by atoms with Gasteiger partial charge in [-0.3, -0.25) is 14.4 Å². The van der Waals surface area contributed by atoms with Gasteiger partial charge in [0.25, 0.3) is 5.56 Å². The van der Waals surface area contributed by atoms with Gasteiger partial charge >= 0.3 is 0 Å². The maximum atomic E-state index is 11.7. The second-order valence-corrected chi connectivity index (χ2v) is 6.86. The molecule has 134 valence electrons. The van der Waals surface area contributed by atoms with E-state index in [9.17, 15) is 4.79 Å². The van der Waals surface area contributed by atoms with Crippen molar-refractivity contribution in [2.24, 2.45) is 7.05 Å². The van der Waals surface area contributed by atoms with E-state index in [1.165, 1.54) is 22.5 Å². The predicted octanol–water partition coefficient (Wildman–Crippen LogP) is 2.08. The molecule has 0 amide bonds. The number of benzene rings is 1. The van der Waals surface area contributed by atoms with E-state index in [1.807, 2.05) is 24.7 Å². The smallest absolute Gasteiger partial charge is 0.251 e. The van der Waals surface area contributed by atoms with Crippen LogP contribution in [0.3, 0.4) is 0 Å². The van der Waals surface area contributed by atoms with Crippen LogP contribution in [0.1, 0.15) is 22.8 Å². The molecule has 0 saturated heterocycles. The SMILES string of the molecule is Cc1nc(CN2CCc3nn(C)c(-c4ccccc4)c3CC2)cc(=O)[nH]1. The fraction of sp³-hybridized carbons (Fsp3) is 0.350. The van der Waals surface area contributed by atoms with Gasteiger partial charge in [0.1, 0.15) is 5.82 Å². The molecule has 0 spiro atoms. The summed E-state index contributed by atoms with van der Waals surface area (Å²) in [5.74, 6) is 0.666. The summed E-state index contributed by atoms with van der Waals surface area (Å²) in [5.41, 5.74) is 5.70. The molecular formula is C20H23N5O. The predicted molar refractivity (Wildman–Crippen MR) is 101 cm³/mol. The first kappa shape index (κ1) is 16.7. The molecule has 6 nitrogen and oxygen atoms in total. The van der Waals surface area contributed by atoms with E-state index in [1.54, 1.807) is 6.07 Å². The van der Waals surface area contributed by atoms with Gasteiger partial charge < -0.3 is 4.98 Å². The van der Waals surface area contributed by atoms with Crippen LogP contribution in [0.5, 0.6) is 0 Å². The second-order valence-electron chi connectivity index (χ2n) is 6.86. The van der Waals surface area contributed by atoms with Crippen molar-refractivity contribution in [3.63, 3.8) is 0 Å². The van der Waals surface area contributed by atoms with Crippen LogP contribution in [-0.2, 0) is 26.4 Å². The molecule has 2 aromatic heterocycles. The average molecular weight is 349 g/mol. The highest BCUT2D eigenvalue weighted by Gasteiger charge is 2.22. The summed E-state index contributed by atoms with van der Waals surface area (Å²) in [4.78, 5) is 21.2. The minimum absolute atomic E-state index is 0.0840. The number of rotatable bonds is 3. The molecule has 0 unspecified atom stereocenters. The molecule has 3 heterocycles. The van der Waals surface area contributed by atoms with Crippen molar-refractivity contribution in [3.8, 4) is 11.3 Å². The Balaban J connectivity index is 1.56. The first-order valence-corrected chi connectivity index (χ1v) is 8.99. The number of hydrogen-bond donors (Lipinski definition) is 1. The van der Waals surface area contributed by atoms with Crippen LogP contribution < -0.4 is 5.56 Å². The highest BCUT2D eigenvalue weighted by molar-refractivity contribution is 5.64. The number of nitrogens with zero attached hydrogens (tertiary/aromatic N) is 4. The van der Waals surface area contributed by atoms with Gasteiger partial charge in [0, 0.05) is 50.3 Å². The Bertz CT molecular complexity index is 974. The number of hydrogen-bond acceptors (Lipinski definition) is 4. The van der Waals surface area contributed by atoms with Gasteiger partial charge in [-0.1, -0.05) is 30.3 Å². The Hall–Kier alpha value is -2.73. The number of H-pyrrole nitrogens is 1. The highest BCUT2D eigenvalue weighted by atomic mass is 16.1. The van der Waals surface area contributed by atoms with Crippen molar-refractivity contribution in [1.82, 2.24) is 24.6 Å². The van der Waals surface area contributed by atoms with Crippen LogP contribution in [0.25, 0.3) is 11.3 Å². The van der Waals surface area contributed by atoms with Gasteiger partial charge in [-0.05, 0) is 13.3 Å². The molecule has 1 aliphatic rings. The molecule has 1 aliphatic heterocycles. The van der Waals surface area contributed by atoms with Crippen molar-refractivity contribution < 1.29 is 0 Å². The van der Waals surface area contributed by atoms with Crippen molar-refractivity contribution >= 4 is 0 Å². The molecular weight excluding hydrogens is 326 g/mol. The van der Waals surface area contributed by atoms with E-state index in [4.69, 9.17) is 5.10 Å². The van der Waals surface area contributed by atoms with Gasteiger partial charge in [0.2, 0.25) is 0 Å². The summed E-state index contributed by atoms with van der Waals surface area (Å²) >= 11 is 0. The van der Waals surface area contributed by atoms with Gasteiger partial charge in [-0.2, -0.15) is 5.10 Å². The summed E-state index contributed by atoms with van der Waals surface area (Å²) in [7, 11) is 2.03. The van der Waals surface area contributed by atoms with Crippen molar-refractivity contribution in [2.75, 3.05) is 13.1 Å². The van der Waals surface area contributed by atoms with E-state index in [2.05, 4.69) is 39.1 Å². The summed E-state index contributed by atoms with van der Waals surface area (Å²) in [6, 6.07) is 12.1. The number of nitrogens with one attached hydrogen (secondary N) is 1.